The van der Waals surface area contributed by atoms with Gasteiger partial charge in [-0.05, 0) is 13.8 Å². The summed E-state index contributed by atoms with van der Waals surface area (Å²) in [5.41, 5.74) is 0.975. The van der Waals surface area contributed by atoms with Crippen molar-refractivity contribution in [2.45, 2.75) is 46.2 Å². The number of amides is 2. The third kappa shape index (κ3) is 2.09. The van der Waals surface area contributed by atoms with Crippen LogP contribution in [0.25, 0.3) is 0 Å². The minimum atomic E-state index is -0.0825. The monoisotopic (exact) mass is 234 g/mol. The molecule has 1 aliphatic rings. The van der Waals surface area contributed by atoms with E-state index >= 15 is 0 Å². The predicted molar refractivity (Wildman–Crippen MR) is 66.0 cm³/mol. The number of hydrogen-bond acceptors (Lipinski definition) is 3. The average molecular weight is 234 g/mol. The smallest absolute Gasteiger partial charge is 0.323 e. The van der Waals surface area contributed by atoms with Gasteiger partial charge in [0.15, 0.2) is 0 Å². The van der Waals surface area contributed by atoms with Crippen molar-refractivity contribution in [3.05, 3.63) is 17.6 Å². The van der Waals surface area contributed by atoms with Crippen LogP contribution >= 0.6 is 0 Å². The Bertz CT molecular complexity index is 442. The first-order valence-corrected chi connectivity index (χ1v) is 5.93. The molecule has 2 heterocycles. The molecule has 5 heteroatoms. The summed E-state index contributed by atoms with van der Waals surface area (Å²) in [4.78, 5) is 22.4. The number of rotatable bonds is 2. The summed E-state index contributed by atoms with van der Waals surface area (Å²) in [6.07, 6.45) is 1.81. The third-order valence-corrected chi connectivity index (χ3v) is 2.77. The summed E-state index contributed by atoms with van der Waals surface area (Å²) in [5, 5.41) is 2.83. The van der Waals surface area contributed by atoms with Gasteiger partial charge in [0.25, 0.3) is 0 Å². The lowest BCUT2D eigenvalue weighted by Gasteiger charge is -2.32. The summed E-state index contributed by atoms with van der Waals surface area (Å²) in [6, 6.07) is 0.00451. The molecule has 0 saturated heterocycles. The molecule has 0 bridgehead atoms. The molecule has 0 saturated carbocycles. The number of carbonyl (C=O) groups excluding carboxylic acids is 1. The number of carbonyl (C=O) groups is 1. The van der Waals surface area contributed by atoms with Gasteiger partial charge in [0.2, 0.25) is 0 Å². The number of fused-ring (bicyclic) bond motifs is 1. The zero-order chi connectivity index (χ0) is 12.6. The summed E-state index contributed by atoms with van der Waals surface area (Å²) in [6.45, 7) is 8.56. The minimum absolute atomic E-state index is 0.0825. The van der Waals surface area contributed by atoms with E-state index in [-0.39, 0.29) is 18.0 Å². The molecule has 2 rings (SSSR count). The molecule has 1 aliphatic heterocycles. The van der Waals surface area contributed by atoms with Crippen LogP contribution in [0, 0.1) is 0 Å². The van der Waals surface area contributed by atoms with E-state index in [0.717, 1.165) is 17.2 Å². The summed E-state index contributed by atoms with van der Waals surface area (Å²) >= 11 is 0. The highest BCUT2D eigenvalue weighted by molar-refractivity contribution is 5.94. The fourth-order valence-corrected chi connectivity index (χ4v) is 1.85. The molecule has 17 heavy (non-hydrogen) atoms. The van der Waals surface area contributed by atoms with E-state index in [0.29, 0.717) is 6.54 Å². The quantitative estimate of drug-likeness (QED) is 0.851. The van der Waals surface area contributed by atoms with Gasteiger partial charge in [-0.3, -0.25) is 4.90 Å². The van der Waals surface area contributed by atoms with Crippen molar-refractivity contribution in [2.75, 3.05) is 4.90 Å². The van der Waals surface area contributed by atoms with E-state index in [4.69, 9.17) is 0 Å². The lowest BCUT2D eigenvalue weighted by Crippen LogP contribution is -2.48. The van der Waals surface area contributed by atoms with Crippen molar-refractivity contribution < 1.29 is 4.79 Å². The van der Waals surface area contributed by atoms with Crippen molar-refractivity contribution in [3.8, 4) is 0 Å². The second kappa shape index (κ2) is 4.31. The Morgan fingerprint density at radius 1 is 1.35 bits per heavy atom. The highest BCUT2D eigenvalue weighted by Gasteiger charge is 2.28. The van der Waals surface area contributed by atoms with Gasteiger partial charge in [-0.2, -0.15) is 0 Å². The van der Waals surface area contributed by atoms with Gasteiger partial charge in [-0.15, -0.1) is 0 Å². The molecule has 92 valence electrons. The lowest BCUT2D eigenvalue weighted by atomic mass is 10.1. The summed E-state index contributed by atoms with van der Waals surface area (Å²) in [5.74, 6) is 1.80. The molecule has 0 aliphatic carbocycles. The number of nitrogens with zero attached hydrogens (tertiary/aromatic N) is 3. The number of nitrogens with one attached hydrogen (secondary N) is 1. The molecule has 1 aromatic heterocycles. The zero-order valence-corrected chi connectivity index (χ0v) is 10.7. The van der Waals surface area contributed by atoms with Crippen molar-refractivity contribution in [2.24, 2.45) is 0 Å². The summed E-state index contributed by atoms with van der Waals surface area (Å²) < 4.78 is 0. The standard InChI is InChI=1S/C12H18N4O/c1-7(2)10-13-5-9-6-14-12(17)16(8(3)4)11(9)15-10/h5,7-8H,6H2,1-4H3,(H,14,17). The topological polar surface area (TPSA) is 58.1 Å². The van der Waals surface area contributed by atoms with Gasteiger partial charge >= 0.3 is 6.03 Å². The van der Waals surface area contributed by atoms with Crippen molar-refractivity contribution >= 4 is 11.8 Å². The predicted octanol–water partition coefficient (Wildman–Crippen LogP) is 2.04. The van der Waals surface area contributed by atoms with Crippen molar-refractivity contribution in [1.82, 2.24) is 15.3 Å². The maximum atomic E-state index is 11.8. The second-order valence-corrected chi connectivity index (χ2v) is 4.85. The van der Waals surface area contributed by atoms with Gasteiger partial charge in [0.05, 0.1) is 0 Å². The molecule has 0 radical (unpaired) electrons. The lowest BCUT2D eigenvalue weighted by molar-refractivity contribution is 0.242. The van der Waals surface area contributed by atoms with Crippen LogP contribution in [0.3, 0.4) is 0 Å². The molecule has 0 atom stereocenters. The highest BCUT2D eigenvalue weighted by Crippen LogP contribution is 2.25. The van der Waals surface area contributed by atoms with Crippen LogP contribution in [0.1, 0.15) is 45.0 Å². The Kier molecular flexibility index (Phi) is 3.00. The molecule has 2 amide bonds. The van der Waals surface area contributed by atoms with Gasteiger partial charge in [0, 0.05) is 30.3 Å². The minimum Gasteiger partial charge on any atom is -0.333 e. The number of hydrogen-bond donors (Lipinski definition) is 1. The largest absolute Gasteiger partial charge is 0.333 e. The van der Waals surface area contributed by atoms with Gasteiger partial charge in [-0.25, -0.2) is 14.8 Å². The molecule has 0 aromatic carbocycles. The van der Waals surface area contributed by atoms with Crippen LogP contribution in [0.2, 0.25) is 0 Å². The Morgan fingerprint density at radius 2 is 2.06 bits per heavy atom. The second-order valence-electron chi connectivity index (χ2n) is 4.85. The maximum absolute atomic E-state index is 11.8. The maximum Gasteiger partial charge on any atom is 0.323 e. The average Bonchev–Trinajstić information content (AvgIpc) is 2.27. The Balaban J connectivity index is 2.48. The first kappa shape index (κ1) is 11.8. The SMILES string of the molecule is CC(C)c1ncc2c(n1)N(C(C)C)C(=O)NC2. The van der Waals surface area contributed by atoms with Gasteiger partial charge in [0.1, 0.15) is 11.6 Å². The van der Waals surface area contributed by atoms with Crippen LogP contribution in [-0.4, -0.2) is 22.0 Å². The van der Waals surface area contributed by atoms with E-state index in [1.165, 1.54) is 0 Å². The van der Waals surface area contributed by atoms with E-state index in [9.17, 15) is 4.79 Å². The van der Waals surface area contributed by atoms with Gasteiger partial charge in [-0.1, -0.05) is 13.8 Å². The molecule has 0 unspecified atom stereocenters. The zero-order valence-electron chi connectivity index (χ0n) is 10.7. The highest BCUT2D eigenvalue weighted by atomic mass is 16.2. The summed E-state index contributed by atoms with van der Waals surface area (Å²) in [7, 11) is 0. The molecule has 0 fully saturated rings. The first-order valence-electron chi connectivity index (χ1n) is 5.93. The molecular weight excluding hydrogens is 216 g/mol. The fourth-order valence-electron chi connectivity index (χ4n) is 1.85. The Hall–Kier alpha value is -1.65. The van der Waals surface area contributed by atoms with Crippen molar-refractivity contribution in [3.63, 3.8) is 0 Å². The number of aromatic nitrogens is 2. The van der Waals surface area contributed by atoms with Crippen LogP contribution in [0.5, 0.6) is 0 Å². The molecule has 5 nitrogen and oxygen atoms in total. The van der Waals surface area contributed by atoms with Crippen LogP contribution in [-0.2, 0) is 6.54 Å². The van der Waals surface area contributed by atoms with Crippen LogP contribution < -0.4 is 10.2 Å². The molecule has 1 N–H and O–H groups in total. The normalized spacial score (nSPS) is 15.2. The Morgan fingerprint density at radius 3 is 2.65 bits per heavy atom. The Labute approximate surface area is 101 Å². The van der Waals surface area contributed by atoms with E-state index in [1.54, 1.807) is 4.90 Å². The molecular formula is C12H18N4O. The third-order valence-electron chi connectivity index (χ3n) is 2.77. The van der Waals surface area contributed by atoms with Gasteiger partial charge < -0.3 is 5.32 Å². The fraction of sp³-hybridized carbons (Fsp3) is 0.583. The first-order chi connectivity index (χ1) is 8.00. The van der Waals surface area contributed by atoms with E-state index < -0.39 is 0 Å². The molecule has 0 spiro atoms. The van der Waals surface area contributed by atoms with Crippen molar-refractivity contribution in [1.29, 1.82) is 0 Å². The van der Waals surface area contributed by atoms with E-state index in [1.807, 2.05) is 33.9 Å². The number of anilines is 1. The van der Waals surface area contributed by atoms with Crippen LogP contribution in [0.4, 0.5) is 10.6 Å². The molecule has 1 aromatic rings. The number of urea groups is 1. The van der Waals surface area contributed by atoms with E-state index in [2.05, 4.69) is 15.3 Å². The van der Waals surface area contributed by atoms with Crippen LogP contribution in [0.15, 0.2) is 6.20 Å².